The lowest BCUT2D eigenvalue weighted by Gasteiger charge is -2.19. The van der Waals surface area contributed by atoms with Gasteiger partial charge in [0.25, 0.3) is 5.91 Å². The monoisotopic (exact) mass is 473 g/mol. The number of aliphatic imine (C=N–C) groups is 1. The summed E-state index contributed by atoms with van der Waals surface area (Å²) in [5.74, 6) is 0.797. The van der Waals surface area contributed by atoms with E-state index in [2.05, 4.69) is 23.8 Å². The van der Waals surface area contributed by atoms with Crippen molar-refractivity contribution >= 4 is 34.6 Å². The molecular formula is C27H27N3O3S. The molecule has 34 heavy (non-hydrogen) atoms. The van der Waals surface area contributed by atoms with Crippen LogP contribution in [0.2, 0.25) is 0 Å². The summed E-state index contributed by atoms with van der Waals surface area (Å²) in [6.45, 7) is 3.34. The lowest BCUT2D eigenvalue weighted by molar-refractivity contribution is -0.123. The Balaban J connectivity index is 1.44. The maximum atomic E-state index is 13.4. The van der Waals surface area contributed by atoms with Crippen LogP contribution in [-0.4, -0.2) is 46.9 Å². The first-order chi connectivity index (χ1) is 16.6. The van der Waals surface area contributed by atoms with E-state index in [-0.39, 0.29) is 12.0 Å². The van der Waals surface area contributed by atoms with Crippen molar-refractivity contribution in [3.05, 3.63) is 83.0 Å². The molecule has 2 aliphatic rings. The van der Waals surface area contributed by atoms with Gasteiger partial charge in [0.2, 0.25) is 0 Å². The predicted octanol–water partition coefficient (Wildman–Crippen LogP) is 5.58. The molecular weight excluding hydrogens is 446 g/mol. The summed E-state index contributed by atoms with van der Waals surface area (Å²) in [7, 11) is 1.66. The summed E-state index contributed by atoms with van der Waals surface area (Å²) in [4.78, 5) is 20.6. The van der Waals surface area contributed by atoms with Crippen molar-refractivity contribution < 1.29 is 14.3 Å². The van der Waals surface area contributed by atoms with Crippen LogP contribution in [0.15, 0.2) is 76.8 Å². The summed E-state index contributed by atoms with van der Waals surface area (Å²) < 4.78 is 13.2. The van der Waals surface area contributed by atoms with Crippen molar-refractivity contribution in [3.8, 4) is 11.4 Å². The molecule has 1 unspecified atom stereocenters. The van der Waals surface area contributed by atoms with E-state index in [0.717, 1.165) is 47.8 Å². The second-order valence-electron chi connectivity index (χ2n) is 8.37. The van der Waals surface area contributed by atoms with Gasteiger partial charge in [0, 0.05) is 24.2 Å². The fourth-order valence-corrected chi connectivity index (χ4v) is 5.22. The third-order valence-electron chi connectivity index (χ3n) is 5.96. The van der Waals surface area contributed by atoms with Crippen LogP contribution in [0.5, 0.6) is 5.75 Å². The number of benzene rings is 2. The van der Waals surface area contributed by atoms with E-state index in [9.17, 15) is 4.79 Å². The van der Waals surface area contributed by atoms with Crippen LogP contribution < -0.4 is 4.74 Å². The van der Waals surface area contributed by atoms with Gasteiger partial charge >= 0.3 is 0 Å². The van der Waals surface area contributed by atoms with Crippen LogP contribution in [-0.2, 0) is 9.53 Å². The Morgan fingerprint density at radius 3 is 2.68 bits per heavy atom. The highest BCUT2D eigenvalue weighted by Gasteiger charge is 2.36. The molecule has 0 N–H and O–H groups in total. The van der Waals surface area contributed by atoms with Gasteiger partial charge in [0.1, 0.15) is 5.75 Å². The van der Waals surface area contributed by atoms with Crippen LogP contribution in [0, 0.1) is 6.92 Å². The summed E-state index contributed by atoms with van der Waals surface area (Å²) in [5.41, 5.74) is 3.93. The van der Waals surface area contributed by atoms with E-state index in [4.69, 9.17) is 14.5 Å². The number of aryl methyl sites for hydroxylation is 1. The summed E-state index contributed by atoms with van der Waals surface area (Å²) >= 11 is 1.42. The molecule has 0 aliphatic carbocycles. The quantitative estimate of drug-likeness (QED) is 0.439. The largest absolute Gasteiger partial charge is 0.497 e. The molecule has 1 aromatic heterocycles. The number of methoxy groups -OCH3 is 1. The third-order valence-corrected chi connectivity index (χ3v) is 6.97. The smallest absolute Gasteiger partial charge is 0.266 e. The van der Waals surface area contributed by atoms with Crippen molar-refractivity contribution in [3.63, 3.8) is 0 Å². The highest BCUT2D eigenvalue weighted by atomic mass is 32.2. The number of amides is 1. The average Bonchev–Trinajstić information content (AvgIpc) is 3.57. The number of ether oxygens (including phenoxy) is 2. The van der Waals surface area contributed by atoms with Crippen molar-refractivity contribution in [2.45, 2.75) is 25.9 Å². The highest BCUT2D eigenvalue weighted by Crippen LogP contribution is 2.35. The second kappa shape index (κ2) is 9.91. The molecule has 7 heteroatoms. The molecule has 0 spiro atoms. The van der Waals surface area contributed by atoms with E-state index in [1.54, 1.807) is 12.0 Å². The lowest BCUT2D eigenvalue weighted by Crippen LogP contribution is -2.36. The number of thioether (sulfide) groups is 1. The topological polar surface area (TPSA) is 56.1 Å². The van der Waals surface area contributed by atoms with Gasteiger partial charge in [-0.05, 0) is 85.6 Å². The standard InChI is InChI=1S/C27H27N3O3S/c1-19-15-20(17-29(19)22-10-12-23(32-2)13-11-22)16-25-26(31)30(18-24-9-6-14-33-24)27(34-25)28-21-7-4-3-5-8-21/h3-5,7-8,10-13,15-17,24H,6,9,14,18H2,1-2H3/b25-16+,28-27?. The predicted molar refractivity (Wildman–Crippen MR) is 137 cm³/mol. The number of hydrogen-bond donors (Lipinski definition) is 0. The Morgan fingerprint density at radius 2 is 1.97 bits per heavy atom. The van der Waals surface area contributed by atoms with E-state index in [1.807, 2.05) is 60.7 Å². The van der Waals surface area contributed by atoms with E-state index < -0.39 is 0 Å². The molecule has 174 valence electrons. The van der Waals surface area contributed by atoms with E-state index >= 15 is 0 Å². The Labute approximate surface area is 203 Å². The lowest BCUT2D eigenvalue weighted by atomic mass is 10.2. The average molecular weight is 474 g/mol. The zero-order valence-electron chi connectivity index (χ0n) is 19.3. The molecule has 1 amide bonds. The van der Waals surface area contributed by atoms with Gasteiger partial charge in [-0.1, -0.05) is 18.2 Å². The normalized spacial score (nSPS) is 20.6. The number of aromatic nitrogens is 1. The van der Waals surface area contributed by atoms with Gasteiger partial charge in [-0.25, -0.2) is 4.99 Å². The first-order valence-corrected chi connectivity index (χ1v) is 12.2. The molecule has 2 fully saturated rings. The molecule has 3 heterocycles. The van der Waals surface area contributed by atoms with Crippen LogP contribution >= 0.6 is 11.8 Å². The van der Waals surface area contributed by atoms with Gasteiger partial charge in [-0.3, -0.25) is 9.69 Å². The van der Waals surface area contributed by atoms with Crippen LogP contribution in [0.3, 0.4) is 0 Å². The minimum atomic E-state index is -0.0231. The molecule has 1 atom stereocenters. The number of hydrogen-bond acceptors (Lipinski definition) is 5. The number of rotatable bonds is 6. The second-order valence-corrected chi connectivity index (χ2v) is 9.38. The maximum Gasteiger partial charge on any atom is 0.266 e. The number of carbonyl (C=O) groups is 1. The number of carbonyl (C=O) groups excluding carboxylic acids is 1. The van der Waals surface area contributed by atoms with Gasteiger partial charge in [0.05, 0.1) is 30.4 Å². The van der Waals surface area contributed by atoms with E-state index in [1.165, 1.54) is 11.8 Å². The zero-order chi connectivity index (χ0) is 23.5. The Kier molecular flexibility index (Phi) is 6.56. The third kappa shape index (κ3) is 4.81. The number of nitrogens with zero attached hydrogens (tertiary/aromatic N) is 3. The Hall–Kier alpha value is -3.29. The molecule has 0 bridgehead atoms. The molecule has 0 saturated carbocycles. The van der Waals surface area contributed by atoms with Crippen molar-refractivity contribution in [2.75, 3.05) is 20.3 Å². The molecule has 0 radical (unpaired) electrons. The van der Waals surface area contributed by atoms with Gasteiger partial charge in [-0.15, -0.1) is 0 Å². The van der Waals surface area contributed by atoms with Crippen molar-refractivity contribution in [1.29, 1.82) is 0 Å². The highest BCUT2D eigenvalue weighted by molar-refractivity contribution is 8.18. The molecule has 2 aliphatic heterocycles. The number of amidine groups is 1. The van der Waals surface area contributed by atoms with Crippen molar-refractivity contribution in [2.24, 2.45) is 4.99 Å². The Bertz CT molecular complexity index is 1230. The van der Waals surface area contributed by atoms with Gasteiger partial charge in [-0.2, -0.15) is 0 Å². The van der Waals surface area contributed by atoms with E-state index in [0.29, 0.717) is 16.6 Å². The summed E-state index contributed by atoms with van der Waals surface area (Å²) in [5, 5.41) is 0.698. The van der Waals surface area contributed by atoms with Gasteiger partial charge in [0.15, 0.2) is 5.17 Å². The summed E-state index contributed by atoms with van der Waals surface area (Å²) in [6, 6.07) is 19.8. The minimum absolute atomic E-state index is 0.0231. The first-order valence-electron chi connectivity index (χ1n) is 11.4. The fraction of sp³-hybridized carbons (Fsp3) is 0.259. The molecule has 2 saturated heterocycles. The van der Waals surface area contributed by atoms with Crippen LogP contribution in [0.25, 0.3) is 11.8 Å². The minimum Gasteiger partial charge on any atom is -0.497 e. The SMILES string of the molecule is COc1ccc(-n2cc(/C=C3/SC(=Nc4ccccc4)N(CC4CCCO4)C3=O)cc2C)cc1. The molecule has 5 rings (SSSR count). The van der Waals surface area contributed by atoms with Crippen molar-refractivity contribution in [1.82, 2.24) is 9.47 Å². The molecule has 3 aromatic rings. The molecule has 6 nitrogen and oxygen atoms in total. The van der Waals surface area contributed by atoms with Crippen LogP contribution in [0.1, 0.15) is 24.1 Å². The fourth-order valence-electron chi connectivity index (χ4n) is 4.21. The first kappa shape index (κ1) is 22.5. The maximum absolute atomic E-state index is 13.4. The zero-order valence-corrected chi connectivity index (χ0v) is 20.1. The summed E-state index contributed by atoms with van der Waals surface area (Å²) in [6.07, 6.45) is 6.07. The number of para-hydroxylation sites is 1. The Morgan fingerprint density at radius 1 is 1.18 bits per heavy atom. The molecule has 2 aromatic carbocycles. The van der Waals surface area contributed by atoms with Gasteiger partial charge < -0.3 is 14.0 Å². The van der Waals surface area contributed by atoms with Crippen LogP contribution in [0.4, 0.5) is 5.69 Å².